The quantitative estimate of drug-likeness (QED) is 0.238. The van der Waals surface area contributed by atoms with Crippen molar-refractivity contribution in [1.82, 2.24) is 10.6 Å². The highest BCUT2D eigenvalue weighted by Crippen LogP contribution is 2.25. The molecule has 0 aliphatic carbocycles. The van der Waals surface area contributed by atoms with Crippen molar-refractivity contribution in [3.63, 3.8) is 0 Å². The number of hydrogen-bond donors (Lipinski definition) is 3. The molecule has 1 unspecified atom stereocenters. The van der Waals surface area contributed by atoms with E-state index in [1.165, 1.54) is 0 Å². The normalized spacial score (nSPS) is 12.4. The molecule has 9 nitrogen and oxygen atoms in total. The molecule has 0 bridgehead atoms. The molecule has 170 valence electrons. The number of unbranched alkanes of at least 4 members (excludes halogenated alkanes) is 1. The fraction of sp³-hybridized carbons (Fsp3) is 0.500. The lowest BCUT2D eigenvalue weighted by Gasteiger charge is -2.28. The van der Waals surface area contributed by atoms with Gasteiger partial charge in [-0.1, -0.05) is 36.4 Å². The number of aliphatic hydroxyl groups is 1. The Bertz CT molecular complexity index is 853. The minimum absolute atomic E-state index is 0.00787. The molecule has 0 saturated heterocycles. The van der Waals surface area contributed by atoms with Crippen molar-refractivity contribution in [3.05, 3.63) is 52.6 Å². The lowest BCUT2D eigenvalue weighted by molar-refractivity contribution is -0.757. The summed E-state index contributed by atoms with van der Waals surface area (Å²) in [6.07, 6.45) is 0.519. The van der Waals surface area contributed by atoms with Gasteiger partial charge in [-0.25, -0.2) is 0 Å². The van der Waals surface area contributed by atoms with Crippen molar-refractivity contribution in [1.29, 1.82) is 0 Å². The summed E-state index contributed by atoms with van der Waals surface area (Å²) in [5.41, 5.74) is -0.426. The highest BCUT2D eigenvalue weighted by Gasteiger charge is 2.20. The number of aliphatic hydroxyl groups excluding tert-OH is 1. The molecule has 0 aliphatic heterocycles. The molecule has 31 heavy (non-hydrogen) atoms. The number of nitrogens with zero attached hydrogens (tertiary/aromatic N) is 1. The minimum Gasteiger partial charge on any atom is -0.490 e. The fourth-order valence-electron chi connectivity index (χ4n) is 2.96. The summed E-state index contributed by atoms with van der Waals surface area (Å²) in [4.78, 5) is 26.2. The van der Waals surface area contributed by atoms with Crippen LogP contribution in [0.25, 0.3) is 10.8 Å². The minimum atomic E-state index is -0.838. The SMILES string of the molecule is CC(C)(CNC(=O)CCCCO[N+](=O)[O-])NCC(O)COc1cccc2ccccc12. The van der Waals surface area contributed by atoms with Crippen LogP contribution >= 0.6 is 0 Å². The second-order valence-electron chi connectivity index (χ2n) is 8.00. The van der Waals surface area contributed by atoms with E-state index in [-0.39, 0.29) is 25.5 Å². The lowest BCUT2D eigenvalue weighted by atomic mass is 10.1. The topological polar surface area (TPSA) is 123 Å². The summed E-state index contributed by atoms with van der Waals surface area (Å²) in [7, 11) is 0. The average molecular weight is 434 g/mol. The summed E-state index contributed by atoms with van der Waals surface area (Å²) < 4.78 is 5.81. The van der Waals surface area contributed by atoms with Crippen LogP contribution in [0.1, 0.15) is 33.1 Å². The van der Waals surface area contributed by atoms with Gasteiger partial charge in [-0.05, 0) is 38.1 Å². The zero-order valence-corrected chi connectivity index (χ0v) is 18.0. The highest BCUT2D eigenvalue weighted by molar-refractivity contribution is 5.88. The summed E-state index contributed by atoms with van der Waals surface area (Å²) in [5, 5.41) is 27.7. The second kappa shape index (κ2) is 12.1. The van der Waals surface area contributed by atoms with Crippen molar-refractivity contribution < 1.29 is 24.6 Å². The predicted octanol–water partition coefficient (Wildman–Crippen LogP) is 2.44. The third-order valence-corrected chi connectivity index (χ3v) is 4.72. The van der Waals surface area contributed by atoms with E-state index in [1.807, 2.05) is 56.3 Å². The summed E-state index contributed by atoms with van der Waals surface area (Å²) in [5.74, 6) is 0.600. The smallest absolute Gasteiger partial charge is 0.294 e. The van der Waals surface area contributed by atoms with Crippen LogP contribution in [0, 0.1) is 10.1 Å². The third kappa shape index (κ3) is 9.18. The van der Waals surface area contributed by atoms with E-state index < -0.39 is 16.7 Å². The van der Waals surface area contributed by atoms with E-state index in [4.69, 9.17) is 4.74 Å². The molecular weight excluding hydrogens is 402 g/mol. The molecule has 0 radical (unpaired) electrons. The molecule has 0 aliphatic rings. The molecule has 1 atom stereocenters. The summed E-state index contributed by atoms with van der Waals surface area (Å²) in [6.45, 7) is 4.69. The Morgan fingerprint density at radius 3 is 2.71 bits per heavy atom. The van der Waals surface area contributed by atoms with E-state index in [1.54, 1.807) is 0 Å². The van der Waals surface area contributed by atoms with Crippen molar-refractivity contribution in [3.8, 4) is 5.75 Å². The predicted molar refractivity (Wildman–Crippen MR) is 117 cm³/mol. The van der Waals surface area contributed by atoms with Gasteiger partial charge in [0, 0.05) is 30.4 Å². The molecule has 0 saturated carbocycles. The van der Waals surface area contributed by atoms with Crippen molar-refractivity contribution in [2.45, 2.75) is 44.8 Å². The fourth-order valence-corrected chi connectivity index (χ4v) is 2.96. The zero-order valence-electron chi connectivity index (χ0n) is 18.0. The lowest BCUT2D eigenvalue weighted by Crippen LogP contribution is -2.51. The van der Waals surface area contributed by atoms with Gasteiger partial charge in [0.1, 0.15) is 18.5 Å². The Balaban J connectivity index is 1.66. The number of nitrogens with one attached hydrogen (secondary N) is 2. The first kappa shape index (κ1) is 24.4. The average Bonchev–Trinajstić information content (AvgIpc) is 2.74. The Morgan fingerprint density at radius 2 is 1.94 bits per heavy atom. The van der Waals surface area contributed by atoms with Gasteiger partial charge in [-0.3, -0.25) is 4.79 Å². The number of hydrogen-bond acceptors (Lipinski definition) is 7. The Kier molecular flexibility index (Phi) is 9.48. The van der Waals surface area contributed by atoms with Crippen LogP contribution in [-0.2, 0) is 9.63 Å². The van der Waals surface area contributed by atoms with Gasteiger partial charge in [-0.15, -0.1) is 10.1 Å². The molecule has 2 rings (SSSR count). The number of β-amino-alcohol motifs (C(OH)–C–C–N with tert-alkyl or cyclic N) is 1. The van der Waals surface area contributed by atoms with Gasteiger partial charge in [0.25, 0.3) is 5.09 Å². The zero-order chi connectivity index (χ0) is 22.7. The van der Waals surface area contributed by atoms with Crippen LogP contribution < -0.4 is 15.4 Å². The third-order valence-electron chi connectivity index (χ3n) is 4.72. The van der Waals surface area contributed by atoms with Crippen LogP contribution in [0.4, 0.5) is 0 Å². The van der Waals surface area contributed by atoms with Gasteiger partial charge in [0.2, 0.25) is 5.91 Å². The van der Waals surface area contributed by atoms with Gasteiger partial charge >= 0.3 is 0 Å². The first-order valence-electron chi connectivity index (χ1n) is 10.3. The van der Waals surface area contributed by atoms with Gasteiger partial charge in [0.05, 0.1) is 6.61 Å². The molecule has 0 spiro atoms. The Labute approximate surface area is 181 Å². The van der Waals surface area contributed by atoms with Crippen molar-refractivity contribution in [2.24, 2.45) is 0 Å². The first-order valence-corrected chi connectivity index (χ1v) is 10.3. The van der Waals surface area contributed by atoms with Crippen LogP contribution in [-0.4, -0.2) is 54.0 Å². The monoisotopic (exact) mass is 433 g/mol. The number of amides is 1. The molecule has 3 N–H and O–H groups in total. The largest absolute Gasteiger partial charge is 0.490 e. The number of fused-ring (bicyclic) bond motifs is 1. The highest BCUT2D eigenvalue weighted by atomic mass is 16.9. The van der Waals surface area contributed by atoms with E-state index in [0.717, 1.165) is 16.5 Å². The molecule has 1 amide bonds. The second-order valence-corrected chi connectivity index (χ2v) is 8.00. The van der Waals surface area contributed by atoms with E-state index in [9.17, 15) is 20.0 Å². The Morgan fingerprint density at radius 1 is 1.19 bits per heavy atom. The van der Waals surface area contributed by atoms with Crippen molar-refractivity contribution in [2.75, 3.05) is 26.3 Å². The van der Waals surface area contributed by atoms with Gasteiger partial charge in [0.15, 0.2) is 0 Å². The van der Waals surface area contributed by atoms with Crippen LogP contribution in [0.2, 0.25) is 0 Å². The van der Waals surface area contributed by atoms with Crippen LogP contribution in [0.5, 0.6) is 5.75 Å². The molecule has 2 aromatic carbocycles. The molecule has 2 aromatic rings. The molecular formula is C22H31N3O6. The number of benzene rings is 2. The maximum atomic E-state index is 11.9. The Hall–Kier alpha value is -2.91. The molecule has 0 heterocycles. The number of carbonyl (C=O) groups excluding carboxylic acids is 1. The first-order chi connectivity index (χ1) is 14.8. The van der Waals surface area contributed by atoms with Gasteiger partial charge < -0.3 is 25.3 Å². The maximum absolute atomic E-state index is 11.9. The molecule has 9 heteroatoms. The molecule has 0 aromatic heterocycles. The van der Waals surface area contributed by atoms with Gasteiger partial charge in [-0.2, -0.15) is 0 Å². The van der Waals surface area contributed by atoms with E-state index in [2.05, 4.69) is 15.5 Å². The standard InChI is InChI=1S/C22H31N3O6/c1-22(2,16-23-21(27)12-5-6-13-31-25(28)29)24-14-18(26)15-30-20-11-7-9-17-8-3-4-10-19(17)20/h3-4,7-11,18,24,26H,5-6,12-16H2,1-2H3,(H,23,27). The summed E-state index contributed by atoms with van der Waals surface area (Å²) in [6, 6.07) is 13.7. The van der Waals surface area contributed by atoms with Crippen LogP contribution in [0.15, 0.2) is 42.5 Å². The summed E-state index contributed by atoms with van der Waals surface area (Å²) >= 11 is 0. The number of ether oxygens (including phenoxy) is 1. The molecule has 0 fully saturated rings. The van der Waals surface area contributed by atoms with Crippen LogP contribution in [0.3, 0.4) is 0 Å². The number of carbonyl (C=O) groups is 1. The van der Waals surface area contributed by atoms with Crippen molar-refractivity contribution >= 4 is 16.7 Å². The van der Waals surface area contributed by atoms with E-state index in [0.29, 0.717) is 25.9 Å². The van der Waals surface area contributed by atoms with E-state index >= 15 is 0 Å². The number of rotatable bonds is 14. The maximum Gasteiger partial charge on any atom is 0.294 e.